The van der Waals surface area contributed by atoms with Crippen LogP contribution >= 0.6 is 0 Å². The second-order valence-corrected chi connectivity index (χ2v) is 5.58. The first-order valence-corrected chi connectivity index (χ1v) is 7.46. The van der Waals surface area contributed by atoms with Gasteiger partial charge in [0, 0.05) is 5.92 Å². The lowest BCUT2D eigenvalue weighted by molar-refractivity contribution is 0.282. The molecule has 1 atom stereocenters. The van der Waals surface area contributed by atoms with E-state index in [1.54, 1.807) is 0 Å². The molecule has 6 nitrogen and oxygen atoms in total. The van der Waals surface area contributed by atoms with Crippen LogP contribution in [0, 0.1) is 0 Å². The van der Waals surface area contributed by atoms with Crippen molar-refractivity contribution < 1.29 is 10.2 Å². The minimum atomic E-state index is -0.0242. The van der Waals surface area contributed by atoms with Crippen LogP contribution in [0.4, 0.5) is 0 Å². The molecule has 0 saturated carbocycles. The van der Waals surface area contributed by atoms with Gasteiger partial charge >= 0.3 is 0 Å². The number of nitrogens with one attached hydrogen (secondary N) is 2. The molecule has 2 heterocycles. The monoisotopic (exact) mass is 308 g/mol. The van der Waals surface area contributed by atoms with Crippen molar-refractivity contribution in [3.05, 3.63) is 53.8 Å². The first-order valence-electron chi connectivity index (χ1n) is 7.46. The Bertz CT molecular complexity index is 920. The molecule has 0 bridgehead atoms. The third-order valence-corrected chi connectivity index (χ3v) is 4.07. The Morgan fingerprint density at radius 3 is 2.96 bits per heavy atom. The Balaban J connectivity index is 1.74. The Morgan fingerprint density at radius 2 is 2.17 bits per heavy atom. The van der Waals surface area contributed by atoms with Gasteiger partial charge in [-0.15, -0.1) is 0 Å². The fourth-order valence-corrected chi connectivity index (χ4v) is 2.84. The summed E-state index contributed by atoms with van der Waals surface area (Å²) in [7, 11) is 0. The number of fused-ring (bicyclic) bond motifs is 1. The highest BCUT2D eigenvalue weighted by Crippen LogP contribution is 2.36. The van der Waals surface area contributed by atoms with E-state index in [1.807, 2.05) is 36.4 Å². The number of nitrogens with zero attached hydrogens (tertiary/aromatic N) is 2. The Labute approximate surface area is 132 Å². The second-order valence-electron chi connectivity index (χ2n) is 5.58. The zero-order valence-electron chi connectivity index (χ0n) is 12.3. The van der Waals surface area contributed by atoms with E-state index in [-0.39, 0.29) is 18.3 Å². The van der Waals surface area contributed by atoms with Crippen LogP contribution in [0.5, 0.6) is 5.75 Å². The van der Waals surface area contributed by atoms with E-state index in [0.29, 0.717) is 17.2 Å². The smallest absolute Gasteiger partial charge is 0.169 e. The molecule has 0 saturated heterocycles. The molecule has 116 valence electrons. The van der Waals surface area contributed by atoms with Crippen LogP contribution in [0.15, 0.2) is 42.5 Å². The summed E-state index contributed by atoms with van der Waals surface area (Å²) in [5.74, 6) is 0.716. The predicted molar refractivity (Wildman–Crippen MR) is 86.9 cm³/mol. The van der Waals surface area contributed by atoms with Crippen LogP contribution in [-0.4, -0.2) is 30.4 Å². The summed E-state index contributed by atoms with van der Waals surface area (Å²) in [6, 6.07) is 5.49. The highest BCUT2D eigenvalue weighted by molar-refractivity contribution is 5.80. The molecule has 1 aliphatic rings. The molecule has 23 heavy (non-hydrogen) atoms. The van der Waals surface area contributed by atoms with Crippen LogP contribution in [0.2, 0.25) is 0 Å². The molecule has 0 spiro atoms. The van der Waals surface area contributed by atoms with Gasteiger partial charge in [-0.25, -0.2) is 4.98 Å². The molecule has 1 aromatic carbocycles. The minimum Gasteiger partial charge on any atom is -0.504 e. The maximum Gasteiger partial charge on any atom is 0.169 e. The van der Waals surface area contributed by atoms with Crippen molar-refractivity contribution in [2.45, 2.75) is 18.9 Å². The first kappa shape index (κ1) is 13.8. The summed E-state index contributed by atoms with van der Waals surface area (Å²) in [6.07, 6.45) is 8.87. The van der Waals surface area contributed by atoms with Crippen molar-refractivity contribution in [1.29, 1.82) is 0 Å². The number of hydrogen-bond acceptors (Lipinski definition) is 4. The molecule has 0 amide bonds. The SMILES string of the molecule is OCc1ccc2nc(-c3n[nH]c(C4C=CC=CC4)c3O)[nH]c2c1. The lowest BCUT2D eigenvalue weighted by atomic mass is 9.96. The average molecular weight is 308 g/mol. The van der Waals surface area contributed by atoms with Gasteiger partial charge in [-0.3, -0.25) is 5.10 Å². The normalized spacial score (nSPS) is 17.2. The second kappa shape index (κ2) is 5.40. The number of hydrogen-bond donors (Lipinski definition) is 4. The highest BCUT2D eigenvalue weighted by Gasteiger charge is 2.22. The van der Waals surface area contributed by atoms with Crippen molar-refractivity contribution in [3.8, 4) is 17.3 Å². The number of benzene rings is 1. The van der Waals surface area contributed by atoms with Crippen LogP contribution in [0.1, 0.15) is 23.6 Å². The minimum absolute atomic E-state index is 0.0242. The summed E-state index contributed by atoms with van der Waals surface area (Å²) in [5.41, 5.74) is 3.47. The standard InChI is InChI=1S/C17H16N4O2/c22-9-10-6-7-12-13(8-10)19-17(18-12)15-16(23)14(20-21-15)11-4-2-1-3-5-11/h1-4,6-8,11,22-23H,5,9H2,(H,18,19)(H,20,21). The van der Waals surface area contributed by atoms with Crippen LogP contribution in [-0.2, 0) is 6.61 Å². The third kappa shape index (κ3) is 2.33. The largest absolute Gasteiger partial charge is 0.504 e. The van der Waals surface area contributed by atoms with Crippen LogP contribution < -0.4 is 0 Å². The van der Waals surface area contributed by atoms with E-state index in [0.717, 1.165) is 23.0 Å². The van der Waals surface area contributed by atoms with E-state index in [9.17, 15) is 10.2 Å². The molecule has 3 aromatic rings. The molecule has 0 aliphatic heterocycles. The van der Waals surface area contributed by atoms with Crippen LogP contribution in [0.3, 0.4) is 0 Å². The Hall–Kier alpha value is -2.86. The zero-order valence-corrected chi connectivity index (χ0v) is 12.3. The number of aromatic hydroxyl groups is 1. The molecular formula is C17H16N4O2. The number of aromatic nitrogens is 4. The highest BCUT2D eigenvalue weighted by atomic mass is 16.3. The van der Waals surface area contributed by atoms with E-state index in [1.165, 1.54) is 0 Å². The zero-order chi connectivity index (χ0) is 15.8. The number of aromatic amines is 2. The maximum atomic E-state index is 10.5. The molecule has 2 aromatic heterocycles. The molecule has 0 radical (unpaired) electrons. The van der Waals surface area contributed by atoms with E-state index in [2.05, 4.69) is 26.2 Å². The summed E-state index contributed by atoms with van der Waals surface area (Å²) in [4.78, 5) is 7.61. The first-order chi connectivity index (χ1) is 11.3. The van der Waals surface area contributed by atoms with Crippen molar-refractivity contribution in [2.75, 3.05) is 0 Å². The van der Waals surface area contributed by atoms with Gasteiger partial charge in [0.15, 0.2) is 17.3 Å². The topological polar surface area (TPSA) is 97.8 Å². The molecule has 6 heteroatoms. The number of H-pyrrole nitrogens is 2. The van der Waals surface area contributed by atoms with E-state index < -0.39 is 0 Å². The molecule has 4 rings (SSSR count). The van der Waals surface area contributed by atoms with Crippen LogP contribution in [0.25, 0.3) is 22.6 Å². The Morgan fingerprint density at radius 1 is 1.26 bits per heavy atom. The summed E-state index contributed by atoms with van der Waals surface area (Å²) in [6.45, 7) is -0.0242. The fraction of sp³-hybridized carbons (Fsp3) is 0.176. The predicted octanol–water partition coefficient (Wildman–Crippen LogP) is 2.75. The lowest BCUT2D eigenvalue weighted by Gasteiger charge is -2.10. The summed E-state index contributed by atoms with van der Waals surface area (Å²) < 4.78 is 0. The quantitative estimate of drug-likeness (QED) is 0.598. The van der Waals surface area contributed by atoms with Gasteiger partial charge in [-0.2, -0.15) is 5.10 Å². The van der Waals surface area contributed by atoms with Gasteiger partial charge in [0.05, 0.1) is 23.3 Å². The molecule has 1 aliphatic carbocycles. The van der Waals surface area contributed by atoms with Gasteiger partial charge in [-0.05, 0) is 24.1 Å². The Kier molecular flexibility index (Phi) is 3.24. The van der Waals surface area contributed by atoms with Crippen molar-refractivity contribution in [3.63, 3.8) is 0 Å². The van der Waals surface area contributed by atoms with Gasteiger partial charge < -0.3 is 15.2 Å². The van der Waals surface area contributed by atoms with Crippen molar-refractivity contribution in [2.24, 2.45) is 0 Å². The number of rotatable bonds is 3. The number of aliphatic hydroxyl groups excluding tert-OH is 1. The molecule has 1 unspecified atom stereocenters. The average Bonchev–Trinajstić information content (AvgIpc) is 3.17. The van der Waals surface area contributed by atoms with Crippen molar-refractivity contribution >= 4 is 11.0 Å². The van der Waals surface area contributed by atoms with Gasteiger partial charge in [0.1, 0.15) is 0 Å². The molecule has 4 N–H and O–H groups in total. The summed E-state index contributed by atoms with van der Waals surface area (Å²) in [5, 5.41) is 26.9. The number of aliphatic hydroxyl groups is 1. The lowest BCUT2D eigenvalue weighted by Crippen LogP contribution is -1.96. The third-order valence-electron chi connectivity index (χ3n) is 4.07. The van der Waals surface area contributed by atoms with Crippen molar-refractivity contribution in [1.82, 2.24) is 20.2 Å². The number of allylic oxidation sites excluding steroid dienone is 4. The molecule has 0 fully saturated rings. The summed E-state index contributed by atoms with van der Waals surface area (Å²) >= 11 is 0. The van der Waals surface area contributed by atoms with Gasteiger partial charge in [0.2, 0.25) is 0 Å². The molecular weight excluding hydrogens is 292 g/mol. The van der Waals surface area contributed by atoms with E-state index in [4.69, 9.17) is 0 Å². The number of imidazole rings is 1. The van der Waals surface area contributed by atoms with Gasteiger partial charge in [-0.1, -0.05) is 30.4 Å². The fourth-order valence-electron chi connectivity index (χ4n) is 2.84. The van der Waals surface area contributed by atoms with Gasteiger partial charge in [0.25, 0.3) is 0 Å². The maximum absolute atomic E-state index is 10.5. The van der Waals surface area contributed by atoms with E-state index >= 15 is 0 Å².